The Bertz CT molecular complexity index is 6300. The number of nitrogens with one attached hydrogen (secondary N) is 1. The van der Waals surface area contributed by atoms with Crippen LogP contribution >= 0.6 is 22.7 Å². The van der Waals surface area contributed by atoms with Crippen LogP contribution in [0, 0.1) is 0 Å². The first-order valence-corrected chi connectivity index (χ1v) is 43.1. The van der Waals surface area contributed by atoms with Crippen molar-refractivity contribution in [3.8, 4) is 0 Å². The Hall–Kier alpha value is -13.4. The van der Waals surface area contributed by atoms with Gasteiger partial charge in [0, 0.05) is 156 Å². The second-order valence-corrected chi connectivity index (χ2v) is 30.5. The van der Waals surface area contributed by atoms with Gasteiger partial charge in [0.25, 0.3) is 27.9 Å². The van der Waals surface area contributed by atoms with Gasteiger partial charge in [0.15, 0.2) is 67.4 Å². The topological polar surface area (TPSA) is 300 Å². The molecule has 0 saturated carbocycles. The third-order valence-corrected chi connectivity index (χ3v) is 22.6. The molecular formula is C92H98B4N15O13S2+3. The maximum absolute atomic E-state index is 12.6. The van der Waals surface area contributed by atoms with Crippen LogP contribution in [-0.2, 0) is 53.0 Å². The average Bonchev–Trinajstić information content (AvgIpc) is 1.71. The number of hydrogen-bond acceptors (Lipinski definition) is 26. The van der Waals surface area contributed by atoms with E-state index in [1.54, 1.807) is 40.9 Å². The number of rotatable bonds is 35. The number of fused-ring (bicyclic) bond motifs is 6. The minimum Gasteiger partial charge on any atom is -0.464 e. The molecule has 34 heteroatoms. The molecule has 1 N–H and O–H groups in total. The summed E-state index contributed by atoms with van der Waals surface area (Å²) in [5, 5.41) is 21.2. The number of esters is 3. The zero-order valence-electron chi connectivity index (χ0n) is 72.1. The molecule has 7 aromatic heterocycles. The van der Waals surface area contributed by atoms with Gasteiger partial charge in [-0.2, -0.15) is 9.13 Å². The highest BCUT2D eigenvalue weighted by Gasteiger charge is 2.24. The quantitative estimate of drug-likeness (QED) is 0.0167. The molecule has 0 aliphatic heterocycles. The fraction of sp³-hybridized carbons (Fsp3) is 0.293. The molecule has 14 rings (SSSR count). The summed E-state index contributed by atoms with van der Waals surface area (Å²) in [6, 6.07) is 47.4. The van der Waals surface area contributed by atoms with Crippen molar-refractivity contribution >= 4 is 220 Å². The monoisotopic (exact) mass is 1730 g/mol. The number of benzene rings is 7. The molecule has 1 amide bonds. The molecule has 0 atom stereocenters. The Morgan fingerprint density at radius 3 is 1.37 bits per heavy atom. The van der Waals surface area contributed by atoms with Gasteiger partial charge in [-0.3, -0.25) is 19.2 Å². The predicted molar refractivity (Wildman–Crippen MR) is 503 cm³/mol. The van der Waals surface area contributed by atoms with Crippen LogP contribution in [0.4, 0.5) is 28.4 Å². The molecule has 28 nitrogen and oxygen atoms in total. The van der Waals surface area contributed by atoms with Gasteiger partial charge in [-0.25, -0.2) is 33.4 Å². The number of anilines is 5. The highest BCUT2D eigenvalue weighted by Crippen LogP contribution is 2.32. The van der Waals surface area contributed by atoms with Crippen LogP contribution in [0.1, 0.15) is 85.2 Å². The number of ether oxygens (including phenoxy) is 3. The van der Waals surface area contributed by atoms with Crippen LogP contribution in [0.15, 0.2) is 186 Å². The first-order valence-electron chi connectivity index (χ1n) is 41.4. The molecule has 0 bridgehead atoms. The van der Waals surface area contributed by atoms with E-state index in [-0.39, 0.29) is 62.4 Å². The molecule has 8 radical (unpaired) electrons. The fourth-order valence-electron chi connectivity index (χ4n) is 13.5. The molecule has 7 aromatic carbocycles. The average molecular weight is 1730 g/mol. The maximum Gasteiger partial charge on any atom is 0.362 e. The van der Waals surface area contributed by atoms with Gasteiger partial charge in [0.05, 0.1) is 55.8 Å². The zero-order chi connectivity index (χ0) is 89.6. The Balaban J connectivity index is 0.000000163. The molecule has 0 aliphatic carbocycles. The van der Waals surface area contributed by atoms with Crippen molar-refractivity contribution in [2.24, 2.45) is 0 Å². The van der Waals surface area contributed by atoms with Crippen molar-refractivity contribution in [3.05, 3.63) is 222 Å². The number of para-hydroxylation sites is 2. The van der Waals surface area contributed by atoms with Gasteiger partial charge in [0.2, 0.25) is 16.9 Å². The molecule has 0 unspecified atom stereocenters. The Labute approximate surface area is 743 Å². The SMILES string of the molecule is [B]CC(=O)NCC[n+]1ccc(/C=C/c2ccc(N(CC)CC)c3nonc23)cc1.[B]CC(=O)OCCN(C)c1ccc(/C=C/c2nc3ccc(N(C)C)cc3oc2=O)cc1.[B]CC(=O)OCC[n+]1c(/C=C/c2ccc(N(CC)CC)c3nonc23)sc2ccccc21.[B]CC(=O)OCC[n+]1c(/C=C/c2nc3ccc(N(CC)CC)cc3oc2=O)sc2ccccc21. The van der Waals surface area contributed by atoms with E-state index in [9.17, 15) is 28.8 Å². The normalized spacial score (nSPS) is 11.3. The van der Waals surface area contributed by atoms with Gasteiger partial charge in [0.1, 0.15) is 49.5 Å². The number of pyridine rings is 1. The predicted octanol–water partition coefficient (Wildman–Crippen LogP) is 12.9. The first-order chi connectivity index (χ1) is 61.2. The summed E-state index contributed by atoms with van der Waals surface area (Å²) in [5.41, 5.74) is 15.6. The fourth-order valence-corrected chi connectivity index (χ4v) is 15.7. The van der Waals surface area contributed by atoms with Crippen molar-refractivity contribution in [1.82, 2.24) is 35.9 Å². The van der Waals surface area contributed by atoms with Crippen LogP contribution < -0.4 is 54.8 Å². The van der Waals surface area contributed by atoms with E-state index in [1.165, 1.54) is 0 Å². The second-order valence-electron chi connectivity index (χ2n) is 28.4. The van der Waals surface area contributed by atoms with Gasteiger partial charge < -0.3 is 52.9 Å². The number of amides is 1. The summed E-state index contributed by atoms with van der Waals surface area (Å²) in [6.45, 7) is 21.4. The molecule has 126 heavy (non-hydrogen) atoms. The third kappa shape index (κ3) is 24.6. The van der Waals surface area contributed by atoms with Gasteiger partial charge in [-0.15, -0.1) is 0 Å². The van der Waals surface area contributed by atoms with E-state index in [2.05, 4.69) is 127 Å². The van der Waals surface area contributed by atoms with E-state index < -0.39 is 29.2 Å². The van der Waals surface area contributed by atoms with Crippen LogP contribution in [0.25, 0.3) is 113 Å². The highest BCUT2D eigenvalue weighted by molar-refractivity contribution is 7.19. The number of carbonyl (C=O) groups excluding carboxylic acids is 4. The van der Waals surface area contributed by atoms with E-state index in [1.807, 2.05) is 198 Å². The summed E-state index contributed by atoms with van der Waals surface area (Å²) in [6.07, 6.45) is 18.7. The van der Waals surface area contributed by atoms with Crippen molar-refractivity contribution in [2.45, 2.75) is 86.5 Å². The summed E-state index contributed by atoms with van der Waals surface area (Å²) in [4.78, 5) is 89.5. The minimum absolute atomic E-state index is 0.0125. The van der Waals surface area contributed by atoms with E-state index >= 15 is 0 Å². The van der Waals surface area contributed by atoms with E-state index in [4.69, 9.17) is 63.7 Å². The lowest BCUT2D eigenvalue weighted by molar-refractivity contribution is -0.694. The summed E-state index contributed by atoms with van der Waals surface area (Å²) in [5.74, 6) is -1.42. The largest absolute Gasteiger partial charge is 0.464 e. The van der Waals surface area contributed by atoms with Gasteiger partial charge >= 0.3 is 11.3 Å². The van der Waals surface area contributed by atoms with E-state index in [0.717, 1.165) is 142 Å². The number of thiazole rings is 2. The smallest absolute Gasteiger partial charge is 0.362 e. The van der Waals surface area contributed by atoms with Crippen LogP contribution in [0.3, 0.4) is 0 Å². The van der Waals surface area contributed by atoms with Gasteiger partial charge in [-0.1, -0.05) is 89.4 Å². The van der Waals surface area contributed by atoms with Crippen LogP contribution in [0.5, 0.6) is 0 Å². The molecule has 14 aromatic rings. The first kappa shape index (κ1) is 93.3. The number of carbonyl (C=O) groups is 4. The summed E-state index contributed by atoms with van der Waals surface area (Å²) >= 11 is 3.25. The molecule has 640 valence electrons. The van der Waals surface area contributed by atoms with Crippen LogP contribution in [0.2, 0.25) is 25.3 Å². The van der Waals surface area contributed by atoms with Crippen molar-refractivity contribution in [1.29, 1.82) is 0 Å². The number of nitrogens with zero attached hydrogens (tertiary/aromatic N) is 14. The third-order valence-electron chi connectivity index (χ3n) is 20.3. The highest BCUT2D eigenvalue weighted by atomic mass is 32.1. The Morgan fingerprint density at radius 1 is 0.452 bits per heavy atom. The molecule has 0 fully saturated rings. The maximum atomic E-state index is 12.6. The lowest BCUT2D eigenvalue weighted by Gasteiger charge is -2.20. The molecule has 0 spiro atoms. The lowest BCUT2D eigenvalue weighted by Crippen LogP contribution is -2.39. The standard InChI is InChI=1S/C25H25BN3O4S.C23H24BN4O3S.C23H24BN3O4.C21H24BN5O2/c1-3-28(4-2)17-9-10-18-21(15-17)33-25(31)19(27-18)11-12-23-29(13-14-32-24(30)16-26)20-7-5-6-8-22(20)34-23;1-3-27(4-2)18-11-9-16(22-23(18)26-31-25-22)10-12-20-28(13-14-30-21(29)15-24)17-7-5-6-8-19(17)32-20;1-26(2)18-9-11-19-21(14-18)31-23(29)20(25-19)10-6-16-4-7-17(8-5-16)27(3)12-13-30-22(28)15-24;1-3-27(4-2)18-8-7-17(20-21(18)25-29-24-20)6-5-16-9-12-26(13-10-16)14-11-23-19(28)15-22/h5-12,15H,3-4,13-14,16H2,1-2H3;5-12H,3-4,13-15H2,1-2H3;4-11,14H,12-13,15H2,1-3H3;5-10,12-13H,3-4,11,14-15H2,1-2H3/q2*+1;;/p+1/b;;10-6+;. The molecule has 0 aliphatic rings. The number of hydrogen-bond donors (Lipinski definition) is 1. The van der Waals surface area contributed by atoms with Crippen molar-refractivity contribution in [3.63, 3.8) is 0 Å². The minimum atomic E-state index is -0.495. The summed E-state index contributed by atoms with van der Waals surface area (Å²) < 4.78 is 44.9. The van der Waals surface area contributed by atoms with Crippen LogP contribution in [-0.4, -0.2) is 179 Å². The van der Waals surface area contributed by atoms with Gasteiger partial charge in [-0.05, 0) is 159 Å². The number of likely N-dealkylation sites (N-methyl/N-ethyl adjacent to an activating group) is 1. The van der Waals surface area contributed by atoms with Crippen molar-refractivity contribution < 1.29 is 65.2 Å². The summed E-state index contributed by atoms with van der Waals surface area (Å²) in [7, 11) is 26.9. The number of aromatic nitrogens is 9. The van der Waals surface area contributed by atoms with Crippen molar-refractivity contribution in [2.75, 3.05) is 118 Å². The molecular weight excluding hydrogens is 1630 g/mol. The second kappa shape index (κ2) is 46.4. The molecule has 0 saturated heterocycles. The Morgan fingerprint density at radius 2 is 0.881 bits per heavy atom. The Kier molecular flexibility index (Phi) is 34.4. The lowest BCUT2D eigenvalue weighted by atomic mass is 10.1. The van der Waals surface area contributed by atoms with E-state index in [0.29, 0.717) is 54.9 Å². The molecule has 7 heterocycles. The zero-order valence-corrected chi connectivity index (χ0v) is 73.7.